The van der Waals surface area contributed by atoms with Crippen LogP contribution in [0.1, 0.15) is 17.4 Å². The third kappa shape index (κ3) is 3.27. The number of benzene rings is 1. The summed E-state index contributed by atoms with van der Waals surface area (Å²) in [4.78, 5) is 2.37. The molecule has 3 heterocycles. The van der Waals surface area contributed by atoms with Gasteiger partial charge < -0.3 is 9.15 Å². The van der Waals surface area contributed by atoms with Crippen LogP contribution in [0.4, 0.5) is 0 Å². The first kappa shape index (κ1) is 15.2. The number of ether oxygens (including phenoxy) is 1. The van der Waals surface area contributed by atoms with Gasteiger partial charge in [-0.05, 0) is 12.1 Å². The summed E-state index contributed by atoms with van der Waals surface area (Å²) in [6.07, 6.45) is 3.99. The predicted octanol–water partition coefficient (Wildman–Crippen LogP) is 3.25. The first-order valence-corrected chi connectivity index (χ1v) is 8.24. The van der Waals surface area contributed by atoms with Crippen molar-refractivity contribution in [1.29, 1.82) is 0 Å². The van der Waals surface area contributed by atoms with E-state index in [1.807, 2.05) is 48.4 Å². The van der Waals surface area contributed by atoms with Crippen molar-refractivity contribution in [3.63, 3.8) is 0 Å². The van der Waals surface area contributed by atoms with Crippen LogP contribution in [0.2, 0.25) is 0 Å². The molecule has 5 nitrogen and oxygen atoms in total. The number of morpholine rings is 1. The number of rotatable bonds is 4. The van der Waals surface area contributed by atoms with E-state index in [-0.39, 0.29) is 6.10 Å². The van der Waals surface area contributed by atoms with Crippen molar-refractivity contribution in [3.05, 3.63) is 66.2 Å². The first-order chi connectivity index (χ1) is 11.8. The van der Waals surface area contributed by atoms with Gasteiger partial charge in [-0.25, -0.2) is 0 Å². The van der Waals surface area contributed by atoms with Crippen molar-refractivity contribution in [2.45, 2.75) is 12.6 Å². The van der Waals surface area contributed by atoms with E-state index in [4.69, 9.17) is 9.15 Å². The zero-order chi connectivity index (χ0) is 16.4. The topological polar surface area (TPSA) is 43.4 Å². The summed E-state index contributed by atoms with van der Waals surface area (Å²) >= 11 is 0. The molecule has 24 heavy (non-hydrogen) atoms. The van der Waals surface area contributed by atoms with Crippen LogP contribution in [0, 0.1) is 0 Å². The number of hydrogen-bond donors (Lipinski definition) is 0. The van der Waals surface area contributed by atoms with Gasteiger partial charge in [0.15, 0.2) is 0 Å². The number of hydrogen-bond acceptors (Lipinski definition) is 4. The van der Waals surface area contributed by atoms with E-state index in [0.29, 0.717) is 0 Å². The minimum atomic E-state index is 0.0796. The zero-order valence-corrected chi connectivity index (χ0v) is 13.8. The van der Waals surface area contributed by atoms with Crippen molar-refractivity contribution >= 4 is 0 Å². The highest BCUT2D eigenvalue weighted by Gasteiger charge is 2.23. The van der Waals surface area contributed by atoms with Crippen LogP contribution >= 0.6 is 0 Å². The van der Waals surface area contributed by atoms with Crippen LogP contribution in [-0.2, 0) is 18.3 Å². The molecule has 0 aliphatic carbocycles. The Morgan fingerprint density at radius 2 is 2.04 bits per heavy atom. The molecule has 1 atom stereocenters. The Morgan fingerprint density at radius 3 is 2.83 bits per heavy atom. The van der Waals surface area contributed by atoms with Gasteiger partial charge >= 0.3 is 0 Å². The average molecular weight is 323 g/mol. The summed E-state index contributed by atoms with van der Waals surface area (Å²) in [6, 6.07) is 14.3. The van der Waals surface area contributed by atoms with Crippen molar-refractivity contribution in [2.24, 2.45) is 7.05 Å². The fourth-order valence-electron chi connectivity index (χ4n) is 3.10. The Labute approximate surface area is 141 Å². The van der Waals surface area contributed by atoms with Crippen LogP contribution in [-0.4, -0.2) is 34.4 Å². The second-order valence-corrected chi connectivity index (χ2v) is 6.17. The van der Waals surface area contributed by atoms with Crippen molar-refractivity contribution in [2.75, 3.05) is 19.7 Å². The Bertz CT molecular complexity index is 794. The molecule has 0 saturated carbocycles. The molecule has 0 radical (unpaired) electrons. The smallest absolute Gasteiger partial charge is 0.134 e. The summed E-state index contributed by atoms with van der Waals surface area (Å²) in [5.41, 5.74) is 2.24. The summed E-state index contributed by atoms with van der Waals surface area (Å²) in [6.45, 7) is 3.30. The lowest BCUT2D eigenvalue weighted by Gasteiger charge is -2.31. The monoisotopic (exact) mass is 323 g/mol. The zero-order valence-electron chi connectivity index (χ0n) is 13.8. The Morgan fingerprint density at radius 1 is 1.17 bits per heavy atom. The second kappa shape index (κ2) is 6.63. The SMILES string of the molecule is Cn1cc(C2CN(Cc3ccc(-c4ccccc4)o3)CCO2)cn1. The molecule has 2 aromatic heterocycles. The van der Waals surface area contributed by atoms with E-state index in [2.05, 4.69) is 28.2 Å². The lowest BCUT2D eigenvalue weighted by molar-refractivity contribution is -0.0346. The van der Waals surface area contributed by atoms with Crippen LogP contribution in [0.25, 0.3) is 11.3 Å². The quantitative estimate of drug-likeness (QED) is 0.739. The fraction of sp³-hybridized carbons (Fsp3) is 0.316. The molecule has 1 unspecified atom stereocenters. The molecule has 124 valence electrons. The highest BCUT2D eigenvalue weighted by molar-refractivity contribution is 5.57. The maximum absolute atomic E-state index is 6.02. The number of aryl methyl sites for hydroxylation is 1. The first-order valence-electron chi connectivity index (χ1n) is 8.24. The molecule has 1 aliphatic heterocycles. The van der Waals surface area contributed by atoms with Crippen molar-refractivity contribution in [1.82, 2.24) is 14.7 Å². The molecule has 3 aromatic rings. The van der Waals surface area contributed by atoms with E-state index in [1.54, 1.807) is 0 Å². The van der Waals surface area contributed by atoms with Gasteiger partial charge in [-0.2, -0.15) is 5.10 Å². The standard InChI is InChI=1S/C19H21N3O2/c1-21-12-16(11-20-21)19-14-22(9-10-23-19)13-17-7-8-18(24-17)15-5-3-2-4-6-15/h2-8,11-12,19H,9-10,13-14H2,1H3. The third-order valence-corrected chi connectivity index (χ3v) is 4.35. The number of aromatic nitrogens is 2. The van der Waals surface area contributed by atoms with Gasteiger partial charge in [0, 0.05) is 37.5 Å². The van der Waals surface area contributed by atoms with Crippen LogP contribution in [0.15, 0.2) is 59.3 Å². The molecule has 1 saturated heterocycles. The van der Waals surface area contributed by atoms with E-state index in [1.165, 1.54) is 0 Å². The van der Waals surface area contributed by atoms with Crippen molar-refractivity contribution in [3.8, 4) is 11.3 Å². The van der Waals surface area contributed by atoms with Crippen LogP contribution < -0.4 is 0 Å². The van der Waals surface area contributed by atoms with E-state index in [9.17, 15) is 0 Å². The van der Waals surface area contributed by atoms with E-state index in [0.717, 1.165) is 48.9 Å². The molecular formula is C19H21N3O2. The summed E-state index contributed by atoms with van der Waals surface area (Å²) in [7, 11) is 1.93. The fourth-order valence-corrected chi connectivity index (χ4v) is 3.10. The minimum absolute atomic E-state index is 0.0796. The van der Waals surface area contributed by atoms with Gasteiger partial charge in [0.25, 0.3) is 0 Å². The van der Waals surface area contributed by atoms with Gasteiger partial charge in [0.1, 0.15) is 11.5 Å². The molecule has 0 amide bonds. The summed E-state index contributed by atoms with van der Waals surface area (Å²) in [5, 5.41) is 4.24. The van der Waals surface area contributed by atoms with Gasteiger partial charge in [0.05, 0.1) is 25.5 Å². The molecule has 5 heteroatoms. The average Bonchev–Trinajstić information content (AvgIpc) is 3.25. The van der Waals surface area contributed by atoms with Gasteiger partial charge in [-0.15, -0.1) is 0 Å². The normalized spacial score (nSPS) is 18.8. The Balaban J connectivity index is 1.43. The summed E-state index contributed by atoms with van der Waals surface area (Å²) in [5.74, 6) is 1.91. The lowest BCUT2D eigenvalue weighted by Crippen LogP contribution is -2.37. The largest absolute Gasteiger partial charge is 0.460 e. The summed E-state index contributed by atoms with van der Waals surface area (Å²) < 4.78 is 13.7. The highest BCUT2D eigenvalue weighted by atomic mass is 16.5. The van der Waals surface area contributed by atoms with E-state index < -0.39 is 0 Å². The molecular weight excluding hydrogens is 302 g/mol. The highest BCUT2D eigenvalue weighted by Crippen LogP contribution is 2.25. The molecule has 0 bridgehead atoms. The second-order valence-electron chi connectivity index (χ2n) is 6.17. The molecule has 1 aliphatic rings. The molecule has 0 spiro atoms. The maximum Gasteiger partial charge on any atom is 0.134 e. The molecule has 1 aromatic carbocycles. The molecule has 4 rings (SSSR count). The molecule has 0 N–H and O–H groups in total. The van der Waals surface area contributed by atoms with Gasteiger partial charge in [0.2, 0.25) is 0 Å². The predicted molar refractivity (Wildman–Crippen MR) is 91.3 cm³/mol. The van der Waals surface area contributed by atoms with E-state index >= 15 is 0 Å². The van der Waals surface area contributed by atoms with Crippen LogP contribution in [0.3, 0.4) is 0 Å². The van der Waals surface area contributed by atoms with Crippen molar-refractivity contribution < 1.29 is 9.15 Å². The number of nitrogens with zero attached hydrogens (tertiary/aromatic N) is 3. The van der Waals surface area contributed by atoms with Crippen LogP contribution in [0.5, 0.6) is 0 Å². The maximum atomic E-state index is 6.02. The lowest BCUT2D eigenvalue weighted by atomic mass is 10.1. The number of furan rings is 1. The minimum Gasteiger partial charge on any atom is -0.460 e. The Hall–Kier alpha value is -2.37. The Kier molecular flexibility index (Phi) is 4.19. The molecule has 1 fully saturated rings. The third-order valence-electron chi connectivity index (χ3n) is 4.35. The van der Waals surface area contributed by atoms with Gasteiger partial charge in [-0.3, -0.25) is 9.58 Å². The van der Waals surface area contributed by atoms with Gasteiger partial charge in [-0.1, -0.05) is 30.3 Å².